The van der Waals surface area contributed by atoms with Gasteiger partial charge in [-0.1, -0.05) is 11.6 Å². The molecule has 0 radical (unpaired) electrons. The fourth-order valence-electron chi connectivity index (χ4n) is 2.15. The molecule has 0 saturated carbocycles. The number of ether oxygens (including phenoxy) is 1. The number of methoxy groups -OCH3 is 1. The second-order valence-electron chi connectivity index (χ2n) is 3.97. The summed E-state index contributed by atoms with van der Waals surface area (Å²) in [6.07, 6.45) is 6.83. The van der Waals surface area contributed by atoms with Crippen molar-refractivity contribution >= 4 is 17.4 Å². The molecule has 1 aromatic heterocycles. The Hall–Kier alpha value is -0.870. The molecule has 88 valence electrons. The maximum atomic E-state index is 6.07. The number of rotatable bonds is 3. The number of piperidine rings is 1. The average molecular weight is 242 g/mol. The van der Waals surface area contributed by atoms with Crippen molar-refractivity contribution in [2.75, 3.05) is 25.2 Å². The smallest absolute Gasteiger partial charge is 0.171 e. The third kappa shape index (κ3) is 2.44. The first-order valence-corrected chi connectivity index (χ1v) is 5.93. The highest BCUT2D eigenvalue weighted by molar-refractivity contribution is 6.31. The van der Waals surface area contributed by atoms with E-state index >= 15 is 0 Å². The van der Waals surface area contributed by atoms with Gasteiger partial charge in [-0.15, -0.1) is 0 Å². The second kappa shape index (κ2) is 5.46. The summed E-state index contributed by atoms with van der Waals surface area (Å²) in [7, 11) is 1.73. The van der Waals surface area contributed by atoms with Crippen molar-refractivity contribution in [1.82, 2.24) is 9.97 Å². The SMILES string of the molecule is COCC1CCCCN1c1nccnc1Cl. The van der Waals surface area contributed by atoms with Crippen LogP contribution < -0.4 is 4.90 Å². The summed E-state index contributed by atoms with van der Waals surface area (Å²) in [6.45, 7) is 1.69. The lowest BCUT2D eigenvalue weighted by molar-refractivity contribution is 0.166. The molecule has 0 N–H and O–H groups in total. The minimum Gasteiger partial charge on any atom is -0.383 e. The highest BCUT2D eigenvalue weighted by atomic mass is 35.5. The van der Waals surface area contributed by atoms with Crippen LogP contribution in [-0.4, -0.2) is 36.3 Å². The van der Waals surface area contributed by atoms with Crippen LogP contribution in [0.25, 0.3) is 0 Å². The number of anilines is 1. The van der Waals surface area contributed by atoms with Crippen molar-refractivity contribution < 1.29 is 4.74 Å². The van der Waals surface area contributed by atoms with E-state index in [1.807, 2.05) is 0 Å². The van der Waals surface area contributed by atoms with Crippen LogP contribution in [0.2, 0.25) is 5.15 Å². The Morgan fingerprint density at radius 3 is 3.00 bits per heavy atom. The molecule has 0 aromatic carbocycles. The lowest BCUT2D eigenvalue weighted by Crippen LogP contribution is -2.43. The Bertz CT molecular complexity index is 346. The molecule has 16 heavy (non-hydrogen) atoms. The molecule has 1 atom stereocenters. The molecule has 1 fully saturated rings. The van der Waals surface area contributed by atoms with Crippen LogP contribution >= 0.6 is 11.6 Å². The van der Waals surface area contributed by atoms with Gasteiger partial charge in [0.05, 0.1) is 12.6 Å². The molecular weight excluding hydrogens is 226 g/mol. The lowest BCUT2D eigenvalue weighted by atomic mass is 10.0. The summed E-state index contributed by atoms with van der Waals surface area (Å²) < 4.78 is 5.24. The van der Waals surface area contributed by atoms with E-state index in [0.717, 1.165) is 18.8 Å². The van der Waals surface area contributed by atoms with E-state index in [2.05, 4.69) is 14.9 Å². The Morgan fingerprint density at radius 2 is 2.25 bits per heavy atom. The Balaban J connectivity index is 2.19. The zero-order chi connectivity index (χ0) is 11.4. The zero-order valence-electron chi connectivity index (χ0n) is 9.40. The quantitative estimate of drug-likeness (QED) is 0.813. The van der Waals surface area contributed by atoms with E-state index in [-0.39, 0.29) is 0 Å². The summed E-state index contributed by atoms with van der Waals surface area (Å²) in [5, 5.41) is 0.477. The predicted octanol–water partition coefficient (Wildman–Crippen LogP) is 2.14. The van der Waals surface area contributed by atoms with Crippen LogP contribution in [0, 0.1) is 0 Å². The van der Waals surface area contributed by atoms with Gasteiger partial charge in [0, 0.05) is 26.0 Å². The van der Waals surface area contributed by atoms with Crippen LogP contribution in [0.15, 0.2) is 12.4 Å². The minimum absolute atomic E-state index is 0.368. The summed E-state index contributed by atoms with van der Waals surface area (Å²) in [5.74, 6) is 0.783. The molecule has 1 unspecified atom stereocenters. The standard InChI is InChI=1S/C11H16ClN3O/c1-16-8-9-4-2-3-7-15(9)11-10(12)13-5-6-14-11/h5-6,9H,2-4,7-8H2,1H3. The Labute approximate surface area is 101 Å². The second-order valence-corrected chi connectivity index (χ2v) is 4.33. The summed E-state index contributed by atoms with van der Waals surface area (Å²) in [4.78, 5) is 10.6. The van der Waals surface area contributed by atoms with Gasteiger partial charge >= 0.3 is 0 Å². The molecule has 4 nitrogen and oxygen atoms in total. The molecule has 5 heteroatoms. The van der Waals surface area contributed by atoms with Gasteiger partial charge in [-0.2, -0.15) is 0 Å². The molecule has 1 saturated heterocycles. The third-order valence-corrected chi connectivity index (χ3v) is 3.16. The molecule has 1 aromatic rings. The normalized spacial score (nSPS) is 21.1. The fourth-order valence-corrected chi connectivity index (χ4v) is 2.37. The van der Waals surface area contributed by atoms with Gasteiger partial charge in [-0.05, 0) is 19.3 Å². The van der Waals surface area contributed by atoms with Crippen molar-refractivity contribution in [3.63, 3.8) is 0 Å². The predicted molar refractivity (Wildman–Crippen MR) is 63.9 cm³/mol. The van der Waals surface area contributed by atoms with Gasteiger partial charge < -0.3 is 9.64 Å². The van der Waals surface area contributed by atoms with Crippen LogP contribution in [0.1, 0.15) is 19.3 Å². The zero-order valence-corrected chi connectivity index (χ0v) is 10.2. The number of halogens is 1. The molecule has 0 amide bonds. The molecule has 2 heterocycles. The van der Waals surface area contributed by atoms with Crippen molar-refractivity contribution in [3.8, 4) is 0 Å². The van der Waals surface area contributed by atoms with Crippen molar-refractivity contribution in [2.24, 2.45) is 0 Å². The number of aromatic nitrogens is 2. The first-order chi connectivity index (χ1) is 7.83. The molecule has 1 aliphatic rings. The van der Waals surface area contributed by atoms with E-state index in [1.165, 1.54) is 12.8 Å². The fraction of sp³-hybridized carbons (Fsp3) is 0.636. The molecule has 1 aliphatic heterocycles. The first-order valence-electron chi connectivity index (χ1n) is 5.55. The maximum absolute atomic E-state index is 6.07. The van der Waals surface area contributed by atoms with Crippen LogP contribution in [0.4, 0.5) is 5.82 Å². The van der Waals surface area contributed by atoms with Gasteiger partial charge in [0.2, 0.25) is 0 Å². The molecular formula is C11H16ClN3O. The average Bonchev–Trinajstić information content (AvgIpc) is 2.31. The number of hydrogen-bond acceptors (Lipinski definition) is 4. The van der Waals surface area contributed by atoms with E-state index < -0.39 is 0 Å². The van der Waals surface area contributed by atoms with Crippen molar-refractivity contribution in [2.45, 2.75) is 25.3 Å². The highest BCUT2D eigenvalue weighted by Crippen LogP contribution is 2.27. The van der Waals surface area contributed by atoms with Crippen LogP contribution in [0.5, 0.6) is 0 Å². The Morgan fingerprint density at radius 1 is 1.44 bits per heavy atom. The van der Waals surface area contributed by atoms with E-state index in [0.29, 0.717) is 17.8 Å². The third-order valence-electron chi connectivity index (χ3n) is 2.89. The van der Waals surface area contributed by atoms with E-state index in [9.17, 15) is 0 Å². The van der Waals surface area contributed by atoms with E-state index in [1.54, 1.807) is 19.5 Å². The molecule has 0 aliphatic carbocycles. The summed E-state index contributed by atoms with van der Waals surface area (Å²) >= 11 is 6.07. The topological polar surface area (TPSA) is 38.2 Å². The van der Waals surface area contributed by atoms with E-state index in [4.69, 9.17) is 16.3 Å². The van der Waals surface area contributed by atoms with Gasteiger partial charge in [0.1, 0.15) is 0 Å². The number of nitrogens with zero attached hydrogens (tertiary/aromatic N) is 3. The summed E-state index contributed by atoms with van der Waals surface area (Å²) in [5.41, 5.74) is 0. The van der Waals surface area contributed by atoms with Crippen molar-refractivity contribution in [3.05, 3.63) is 17.5 Å². The van der Waals surface area contributed by atoms with Crippen molar-refractivity contribution in [1.29, 1.82) is 0 Å². The van der Waals surface area contributed by atoms with Gasteiger partial charge in [-0.3, -0.25) is 0 Å². The maximum Gasteiger partial charge on any atom is 0.171 e. The molecule has 0 bridgehead atoms. The lowest BCUT2D eigenvalue weighted by Gasteiger charge is -2.36. The molecule has 2 rings (SSSR count). The van der Waals surface area contributed by atoms with Crippen LogP contribution in [-0.2, 0) is 4.74 Å². The summed E-state index contributed by atoms with van der Waals surface area (Å²) in [6, 6.07) is 0.368. The number of hydrogen-bond donors (Lipinski definition) is 0. The minimum atomic E-state index is 0.368. The van der Waals surface area contributed by atoms with Gasteiger partial charge in [0.25, 0.3) is 0 Å². The van der Waals surface area contributed by atoms with Crippen LogP contribution in [0.3, 0.4) is 0 Å². The first kappa shape index (κ1) is 11.6. The largest absolute Gasteiger partial charge is 0.383 e. The van der Waals surface area contributed by atoms with Gasteiger partial charge in [0.15, 0.2) is 11.0 Å². The molecule has 0 spiro atoms. The monoisotopic (exact) mass is 241 g/mol. The Kier molecular flexibility index (Phi) is 3.96. The highest BCUT2D eigenvalue weighted by Gasteiger charge is 2.25. The van der Waals surface area contributed by atoms with Gasteiger partial charge in [-0.25, -0.2) is 9.97 Å².